The van der Waals surface area contributed by atoms with Crippen LogP contribution >= 0.6 is 0 Å². The zero-order valence-electron chi connectivity index (χ0n) is 26.9. The highest BCUT2D eigenvalue weighted by Gasteiger charge is 1.97. The Balaban J connectivity index is 3.01. The van der Waals surface area contributed by atoms with Crippen LogP contribution in [0.3, 0.4) is 0 Å². The van der Waals surface area contributed by atoms with Crippen LogP contribution in [0.2, 0.25) is 0 Å². The minimum Gasteiger partial charge on any atom is -0.0845 e. The van der Waals surface area contributed by atoms with Crippen LogP contribution in [-0.2, 0) is 0 Å². The van der Waals surface area contributed by atoms with Gasteiger partial charge in [0.05, 0.1) is 0 Å². The average Bonchev–Trinajstić information content (AvgIpc) is 2.93. The first-order valence-corrected chi connectivity index (χ1v) is 18.4. The Kier molecular flexibility index (Phi) is 36.5. The van der Waals surface area contributed by atoms with Crippen LogP contribution in [0.5, 0.6) is 0 Å². The zero-order chi connectivity index (χ0) is 27.5. The molecule has 0 aliphatic rings. The smallest absolute Gasteiger partial charge is 0.0348 e. The van der Waals surface area contributed by atoms with Gasteiger partial charge in [0.15, 0.2) is 0 Å². The van der Waals surface area contributed by atoms with Gasteiger partial charge in [-0.15, -0.1) is 0 Å². The fourth-order valence-corrected chi connectivity index (χ4v) is 5.99. The quantitative estimate of drug-likeness (QED) is 0.0713. The van der Waals surface area contributed by atoms with Crippen molar-refractivity contribution in [2.24, 2.45) is 0 Å². The number of unbranched alkanes of at least 4 members (excludes halogenated alkanes) is 34. The van der Waals surface area contributed by atoms with Crippen molar-refractivity contribution in [3.05, 3.63) is 12.7 Å². The lowest BCUT2D eigenvalue weighted by molar-refractivity contribution is 0.511. The van der Waals surface area contributed by atoms with Crippen LogP contribution in [0.25, 0.3) is 0 Å². The molecular formula is C38H75. The lowest BCUT2D eigenvalue weighted by Gasteiger charge is -2.05. The van der Waals surface area contributed by atoms with Crippen LogP contribution in [0.1, 0.15) is 232 Å². The van der Waals surface area contributed by atoms with Crippen molar-refractivity contribution in [1.29, 1.82) is 0 Å². The molecule has 0 rings (SSSR count). The fraction of sp³-hybridized carbons (Fsp3) is 0.947. The largest absolute Gasteiger partial charge is 0.0845 e. The first-order valence-electron chi connectivity index (χ1n) is 18.4. The van der Waals surface area contributed by atoms with Gasteiger partial charge in [-0.05, 0) is 12.8 Å². The van der Waals surface area contributed by atoms with Gasteiger partial charge in [0, 0.05) is 0 Å². The van der Waals surface area contributed by atoms with Gasteiger partial charge in [-0.1, -0.05) is 231 Å². The maximum atomic E-state index is 5.42. The van der Waals surface area contributed by atoms with Gasteiger partial charge < -0.3 is 0 Å². The lowest BCUT2D eigenvalue weighted by atomic mass is 10.0. The second-order valence-corrected chi connectivity index (χ2v) is 12.7. The standard InChI is InChI=1S/C38H75/c1-3-5-7-9-11-13-15-17-19-21-23-25-27-29-31-33-35-37-38-36-34-32-30-28-26-24-22-20-18-16-14-12-10-8-6-4-2/h1,3H,4-38H2,2H3. The first-order chi connectivity index (χ1) is 18.9. The molecule has 0 aromatic heterocycles. The summed E-state index contributed by atoms with van der Waals surface area (Å²) in [5, 5.41) is 0. The third-order valence-corrected chi connectivity index (χ3v) is 8.72. The van der Waals surface area contributed by atoms with E-state index in [1.54, 1.807) is 0 Å². The summed E-state index contributed by atoms with van der Waals surface area (Å²) < 4.78 is 0. The minimum absolute atomic E-state index is 1.10. The summed E-state index contributed by atoms with van der Waals surface area (Å²) in [4.78, 5) is 0. The Bertz CT molecular complexity index is 397. The van der Waals surface area contributed by atoms with Crippen LogP contribution in [0.15, 0.2) is 6.08 Å². The Morgan fingerprint density at radius 2 is 0.421 bits per heavy atom. The fourth-order valence-electron chi connectivity index (χ4n) is 5.99. The zero-order valence-corrected chi connectivity index (χ0v) is 26.9. The molecule has 0 saturated carbocycles. The molecule has 0 aromatic carbocycles. The molecule has 1 radical (unpaired) electrons. The highest BCUT2D eigenvalue weighted by atomic mass is 14.0. The normalized spacial score (nSPS) is 11.4. The summed E-state index contributed by atoms with van der Waals surface area (Å²) in [7, 11) is 0. The molecule has 0 amide bonds. The molecule has 0 heteroatoms. The summed E-state index contributed by atoms with van der Waals surface area (Å²) in [6.07, 6.45) is 52.8. The van der Waals surface area contributed by atoms with E-state index >= 15 is 0 Å². The van der Waals surface area contributed by atoms with Crippen LogP contribution < -0.4 is 0 Å². The maximum absolute atomic E-state index is 5.42. The molecule has 0 atom stereocenters. The van der Waals surface area contributed by atoms with E-state index in [0.717, 1.165) is 6.42 Å². The number of hydrogen-bond donors (Lipinski definition) is 0. The average molecular weight is 532 g/mol. The van der Waals surface area contributed by atoms with Gasteiger partial charge in [-0.2, -0.15) is 0 Å². The molecule has 38 heavy (non-hydrogen) atoms. The monoisotopic (exact) mass is 532 g/mol. The SMILES string of the molecule is [CH]=CCCCCCCCCCCCCCCCCCCCCCCCCCCCCCCCCCCCC. The molecule has 0 bridgehead atoms. The molecule has 0 heterocycles. The summed E-state index contributed by atoms with van der Waals surface area (Å²) >= 11 is 0. The van der Waals surface area contributed by atoms with Gasteiger partial charge in [0.25, 0.3) is 0 Å². The first kappa shape index (κ1) is 37.7. The minimum atomic E-state index is 1.10. The molecule has 0 fully saturated rings. The van der Waals surface area contributed by atoms with E-state index in [9.17, 15) is 0 Å². The van der Waals surface area contributed by atoms with Crippen LogP contribution in [0, 0.1) is 6.58 Å². The molecule has 227 valence electrons. The molecule has 0 saturated heterocycles. The van der Waals surface area contributed by atoms with E-state index in [4.69, 9.17) is 6.58 Å². The Morgan fingerprint density at radius 1 is 0.263 bits per heavy atom. The molecule has 0 unspecified atom stereocenters. The summed E-state index contributed by atoms with van der Waals surface area (Å²) in [5.41, 5.74) is 0. The van der Waals surface area contributed by atoms with Gasteiger partial charge in [0.2, 0.25) is 0 Å². The van der Waals surface area contributed by atoms with Crippen LogP contribution in [-0.4, -0.2) is 0 Å². The van der Waals surface area contributed by atoms with Crippen molar-refractivity contribution in [1.82, 2.24) is 0 Å². The lowest BCUT2D eigenvalue weighted by Crippen LogP contribution is -1.85. The summed E-state index contributed by atoms with van der Waals surface area (Å²) in [5.74, 6) is 0. The maximum Gasteiger partial charge on any atom is -0.0348 e. The van der Waals surface area contributed by atoms with Crippen molar-refractivity contribution >= 4 is 0 Å². The number of hydrogen-bond acceptors (Lipinski definition) is 0. The topological polar surface area (TPSA) is 0 Å². The second-order valence-electron chi connectivity index (χ2n) is 12.7. The third kappa shape index (κ3) is 35.7. The molecule has 0 aliphatic carbocycles. The highest BCUT2D eigenvalue weighted by Crippen LogP contribution is 2.17. The van der Waals surface area contributed by atoms with E-state index in [-0.39, 0.29) is 0 Å². The second kappa shape index (κ2) is 36.7. The van der Waals surface area contributed by atoms with Gasteiger partial charge >= 0.3 is 0 Å². The van der Waals surface area contributed by atoms with E-state index < -0.39 is 0 Å². The number of rotatable bonds is 35. The van der Waals surface area contributed by atoms with E-state index in [1.807, 2.05) is 6.08 Å². The van der Waals surface area contributed by atoms with E-state index in [0.29, 0.717) is 0 Å². The number of allylic oxidation sites excluding steroid dienone is 1. The molecule has 0 spiro atoms. The highest BCUT2D eigenvalue weighted by molar-refractivity contribution is 4.61. The van der Waals surface area contributed by atoms with Crippen molar-refractivity contribution in [2.45, 2.75) is 232 Å². The molecule has 0 N–H and O–H groups in total. The predicted octanol–water partition coefficient (Wildman–Crippen LogP) is 14.6. The van der Waals surface area contributed by atoms with Gasteiger partial charge in [-0.3, -0.25) is 0 Å². The molecular weight excluding hydrogens is 456 g/mol. The predicted molar refractivity (Wildman–Crippen MR) is 176 cm³/mol. The third-order valence-electron chi connectivity index (χ3n) is 8.72. The molecule has 0 aliphatic heterocycles. The van der Waals surface area contributed by atoms with Crippen molar-refractivity contribution in [2.75, 3.05) is 0 Å². The van der Waals surface area contributed by atoms with Crippen LogP contribution in [0.4, 0.5) is 0 Å². The van der Waals surface area contributed by atoms with Crippen molar-refractivity contribution in [3.63, 3.8) is 0 Å². The molecule has 0 nitrogen and oxygen atoms in total. The van der Waals surface area contributed by atoms with Gasteiger partial charge in [-0.25, -0.2) is 0 Å². The summed E-state index contributed by atoms with van der Waals surface area (Å²) in [6.45, 7) is 7.73. The Labute approximate surface area is 244 Å². The van der Waals surface area contributed by atoms with E-state index in [1.165, 1.54) is 218 Å². The van der Waals surface area contributed by atoms with Crippen molar-refractivity contribution in [3.8, 4) is 0 Å². The summed E-state index contributed by atoms with van der Waals surface area (Å²) in [6, 6.07) is 0. The Morgan fingerprint density at radius 3 is 0.579 bits per heavy atom. The van der Waals surface area contributed by atoms with Crippen molar-refractivity contribution < 1.29 is 0 Å². The van der Waals surface area contributed by atoms with E-state index in [2.05, 4.69) is 6.92 Å². The Hall–Kier alpha value is -0.260. The molecule has 0 aromatic rings. The van der Waals surface area contributed by atoms with Gasteiger partial charge in [0.1, 0.15) is 0 Å².